The zero-order valence-corrected chi connectivity index (χ0v) is 9.36. The molecule has 80 valence electrons. The van der Waals surface area contributed by atoms with E-state index in [0.29, 0.717) is 5.84 Å². The van der Waals surface area contributed by atoms with Crippen LogP contribution in [0.4, 0.5) is 0 Å². The lowest BCUT2D eigenvalue weighted by Gasteiger charge is -2.10. The summed E-state index contributed by atoms with van der Waals surface area (Å²) < 4.78 is 0. The Labute approximate surface area is 90.0 Å². The molecule has 1 aromatic carbocycles. The first-order chi connectivity index (χ1) is 7.04. The van der Waals surface area contributed by atoms with E-state index in [1.54, 1.807) is 0 Å². The monoisotopic (exact) mass is 204 g/mol. The van der Waals surface area contributed by atoms with Gasteiger partial charge in [0.25, 0.3) is 0 Å². The molecule has 0 unspecified atom stereocenters. The van der Waals surface area contributed by atoms with Crippen LogP contribution in [0.25, 0.3) is 0 Å². The minimum Gasteiger partial charge on any atom is -0.409 e. The molecule has 0 spiro atoms. The molecule has 0 atom stereocenters. The Morgan fingerprint density at radius 3 is 2.27 bits per heavy atom. The Balaban J connectivity index is 2.26. The molecule has 1 aliphatic heterocycles. The first-order valence-electron chi connectivity index (χ1n) is 5.11. The van der Waals surface area contributed by atoms with E-state index in [1.165, 1.54) is 5.56 Å². The van der Waals surface area contributed by atoms with Crippen molar-refractivity contribution in [1.82, 2.24) is 4.90 Å². The number of benzene rings is 1. The molecule has 0 saturated carbocycles. The largest absolute Gasteiger partial charge is 0.409 e. The molecule has 1 aromatic rings. The molecule has 2 rings (SSSR count). The van der Waals surface area contributed by atoms with Crippen molar-refractivity contribution < 1.29 is 5.21 Å². The average molecular weight is 204 g/mol. The summed E-state index contributed by atoms with van der Waals surface area (Å²) in [5.41, 5.74) is 2.31. The Morgan fingerprint density at radius 1 is 1.33 bits per heavy atom. The highest BCUT2D eigenvalue weighted by molar-refractivity contribution is 6.00. The molecule has 1 aliphatic rings. The van der Waals surface area contributed by atoms with Crippen LogP contribution in [-0.2, 0) is 0 Å². The molecule has 1 heterocycles. The molecule has 0 aliphatic carbocycles. The lowest BCUT2D eigenvalue weighted by Crippen LogP contribution is -2.19. The molecule has 0 bridgehead atoms. The van der Waals surface area contributed by atoms with Gasteiger partial charge in [-0.3, -0.25) is 0 Å². The maximum Gasteiger partial charge on any atom is 0.175 e. The van der Waals surface area contributed by atoms with Crippen molar-refractivity contribution in [3.63, 3.8) is 0 Å². The second kappa shape index (κ2) is 3.26. The number of hydrogen-bond acceptors (Lipinski definition) is 2. The minimum atomic E-state index is 0.131. The summed E-state index contributed by atoms with van der Waals surface area (Å²) in [6, 6.07) is 8.02. The zero-order valence-electron chi connectivity index (χ0n) is 9.36. The first-order valence-corrected chi connectivity index (χ1v) is 5.11. The molecule has 0 aromatic heterocycles. The average Bonchev–Trinajstić information content (AvgIpc) is 2.80. The molecule has 0 radical (unpaired) electrons. The van der Waals surface area contributed by atoms with Crippen LogP contribution in [0.3, 0.4) is 0 Å². The highest BCUT2D eigenvalue weighted by Gasteiger charge is 2.45. The molecule has 1 saturated heterocycles. The first kappa shape index (κ1) is 10.0. The van der Waals surface area contributed by atoms with Gasteiger partial charge in [0.1, 0.15) is 0 Å². The summed E-state index contributed by atoms with van der Waals surface area (Å²) >= 11 is 0. The second-order valence-corrected chi connectivity index (χ2v) is 4.69. The molecule has 0 amide bonds. The van der Waals surface area contributed by atoms with Crippen molar-refractivity contribution in [3.8, 4) is 0 Å². The van der Waals surface area contributed by atoms with Gasteiger partial charge in [0.15, 0.2) is 5.84 Å². The lowest BCUT2D eigenvalue weighted by atomic mass is 10.1. The third kappa shape index (κ3) is 1.82. The van der Waals surface area contributed by atoms with Crippen LogP contribution in [0, 0.1) is 6.92 Å². The van der Waals surface area contributed by atoms with Gasteiger partial charge in [0.05, 0.1) is 5.54 Å². The fraction of sp³-hybridized carbons (Fsp3) is 0.417. The van der Waals surface area contributed by atoms with E-state index < -0.39 is 0 Å². The number of amidine groups is 1. The second-order valence-electron chi connectivity index (χ2n) is 4.69. The summed E-state index contributed by atoms with van der Waals surface area (Å²) in [5.74, 6) is 0.667. The Hall–Kier alpha value is -1.51. The van der Waals surface area contributed by atoms with E-state index in [2.05, 4.69) is 23.9 Å². The topological polar surface area (TPSA) is 35.6 Å². The van der Waals surface area contributed by atoms with Crippen LogP contribution in [0.15, 0.2) is 29.4 Å². The number of nitrogens with zero attached hydrogens (tertiary/aromatic N) is 2. The van der Waals surface area contributed by atoms with E-state index in [-0.39, 0.29) is 5.54 Å². The molecule has 3 heteroatoms. The van der Waals surface area contributed by atoms with Crippen LogP contribution in [0.5, 0.6) is 0 Å². The lowest BCUT2D eigenvalue weighted by molar-refractivity contribution is 0.312. The Bertz CT molecular complexity index is 393. The van der Waals surface area contributed by atoms with Gasteiger partial charge >= 0.3 is 0 Å². The maximum absolute atomic E-state index is 9.04. The summed E-state index contributed by atoms with van der Waals surface area (Å²) in [7, 11) is 0. The number of aryl methyl sites for hydroxylation is 1. The van der Waals surface area contributed by atoms with Gasteiger partial charge in [-0.1, -0.05) is 35.0 Å². The molecule has 3 nitrogen and oxygen atoms in total. The Morgan fingerprint density at radius 2 is 1.87 bits per heavy atom. The van der Waals surface area contributed by atoms with Crippen molar-refractivity contribution in [2.24, 2.45) is 5.16 Å². The normalized spacial score (nSPS) is 19.1. The minimum absolute atomic E-state index is 0.131. The standard InChI is InChI=1S/C12H16N2O/c1-9-4-6-10(7-5-9)11(13-15)14-8-12(14,2)3/h4-7,15H,8H2,1-3H3/b13-11-. The van der Waals surface area contributed by atoms with E-state index in [9.17, 15) is 0 Å². The van der Waals surface area contributed by atoms with Crippen molar-refractivity contribution in [2.45, 2.75) is 26.3 Å². The fourth-order valence-corrected chi connectivity index (χ4v) is 1.68. The van der Waals surface area contributed by atoms with Gasteiger partial charge in [0, 0.05) is 12.1 Å². The van der Waals surface area contributed by atoms with E-state index in [1.807, 2.05) is 31.2 Å². The number of rotatable bonds is 1. The fourth-order valence-electron chi connectivity index (χ4n) is 1.68. The predicted octanol–water partition coefficient (Wildman–Crippen LogP) is 2.23. The predicted molar refractivity (Wildman–Crippen MR) is 60.3 cm³/mol. The summed E-state index contributed by atoms with van der Waals surface area (Å²) in [6.45, 7) is 7.25. The smallest absolute Gasteiger partial charge is 0.175 e. The van der Waals surface area contributed by atoms with Gasteiger partial charge in [-0.2, -0.15) is 0 Å². The van der Waals surface area contributed by atoms with Gasteiger partial charge in [0.2, 0.25) is 0 Å². The van der Waals surface area contributed by atoms with E-state index >= 15 is 0 Å². The third-order valence-electron chi connectivity index (χ3n) is 2.83. The van der Waals surface area contributed by atoms with Gasteiger partial charge in [-0.25, -0.2) is 0 Å². The van der Waals surface area contributed by atoms with Crippen LogP contribution >= 0.6 is 0 Å². The molecular formula is C12H16N2O. The van der Waals surface area contributed by atoms with Crippen molar-refractivity contribution in [1.29, 1.82) is 0 Å². The molecule has 15 heavy (non-hydrogen) atoms. The quantitative estimate of drug-likeness (QED) is 0.250. The molecule has 1 N–H and O–H groups in total. The van der Waals surface area contributed by atoms with Crippen LogP contribution in [0.1, 0.15) is 25.0 Å². The molecular weight excluding hydrogens is 188 g/mol. The molecule has 1 fully saturated rings. The van der Waals surface area contributed by atoms with Gasteiger partial charge in [-0.15, -0.1) is 0 Å². The SMILES string of the molecule is Cc1ccc(/C(=N/O)N2CC2(C)C)cc1. The summed E-state index contributed by atoms with van der Waals surface area (Å²) in [4.78, 5) is 2.08. The summed E-state index contributed by atoms with van der Waals surface area (Å²) in [6.07, 6.45) is 0. The Kier molecular flexibility index (Phi) is 2.18. The van der Waals surface area contributed by atoms with Crippen molar-refractivity contribution in [3.05, 3.63) is 35.4 Å². The van der Waals surface area contributed by atoms with E-state index in [4.69, 9.17) is 5.21 Å². The number of oxime groups is 1. The third-order valence-corrected chi connectivity index (χ3v) is 2.83. The van der Waals surface area contributed by atoms with Crippen LogP contribution in [0.2, 0.25) is 0 Å². The van der Waals surface area contributed by atoms with Gasteiger partial charge in [-0.05, 0) is 20.8 Å². The van der Waals surface area contributed by atoms with Crippen molar-refractivity contribution >= 4 is 5.84 Å². The van der Waals surface area contributed by atoms with Crippen molar-refractivity contribution in [2.75, 3.05) is 6.54 Å². The van der Waals surface area contributed by atoms with Gasteiger partial charge < -0.3 is 10.1 Å². The highest BCUT2D eigenvalue weighted by Crippen LogP contribution is 2.32. The number of hydrogen-bond donors (Lipinski definition) is 1. The summed E-state index contributed by atoms with van der Waals surface area (Å²) in [5, 5.41) is 12.4. The zero-order chi connectivity index (χ0) is 11.1. The maximum atomic E-state index is 9.04. The van der Waals surface area contributed by atoms with Crippen LogP contribution in [-0.4, -0.2) is 28.0 Å². The highest BCUT2D eigenvalue weighted by atomic mass is 16.4. The van der Waals surface area contributed by atoms with Crippen LogP contribution < -0.4 is 0 Å². The van der Waals surface area contributed by atoms with E-state index in [0.717, 1.165) is 12.1 Å².